The highest BCUT2D eigenvalue weighted by molar-refractivity contribution is 14.1. The molecule has 7 nitrogen and oxygen atoms in total. The maximum Gasteiger partial charge on any atom is 0.271 e. The number of piperazine rings is 1. The van der Waals surface area contributed by atoms with Gasteiger partial charge in [-0.1, -0.05) is 0 Å². The summed E-state index contributed by atoms with van der Waals surface area (Å²) in [6, 6.07) is 15.4. The lowest BCUT2D eigenvalue weighted by atomic mass is 10.0. The minimum Gasteiger partial charge on any atom is -0.478 e. The number of amides is 1. The fourth-order valence-corrected chi connectivity index (χ4v) is 5.56. The van der Waals surface area contributed by atoms with E-state index in [-0.39, 0.29) is 17.7 Å². The van der Waals surface area contributed by atoms with Crippen LogP contribution in [0.5, 0.6) is 5.75 Å². The zero-order chi connectivity index (χ0) is 27.6. The number of amidine groups is 1. The third kappa shape index (κ3) is 6.29. The average molecular weight is 631 g/mol. The molecule has 8 heteroatoms. The fraction of sp³-hybridized carbons (Fsp3) is 0.500. The number of ether oxygens (including phenoxy) is 1. The summed E-state index contributed by atoms with van der Waals surface area (Å²) in [6.07, 6.45) is 0. The van der Waals surface area contributed by atoms with Gasteiger partial charge >= 0.3 is 0 Å². The van der Waals surface area contributed by atoms with Crippen LogP contribution >= 0.6 is 22.6 Å². The van der Waals surface area contributed by atoms with Crippen LogP contribution in [0.4, 0.5) is 0 Å². The molecule has 2 heterocycles. The van der Waals surface area contributed by atoms with E-state index in [0.717, 1.165) is 29.0 Å². The topological polar surface area (TPSA) is 65.4 Å². The van der Waals surface area contributed by atoms with Crippen molar-refractivity contribution in [2.24, 2.45) is 4.99 Å². The van der Waals surface area contributed by atoms with Crippen molar-refractivity contribution in [3.63, 3.8) is 0 Å². The van der Waals surface area contributed by atoms with Gasteiger partial charge in [0.25, 0.3) is 5.91 Å². The van der Waals surface area contributed by atoms with E-state index < -0.39 is 5.60 Å². The minimum absolute atomic E-state index is 0.0427. The summed E-state index contributed by atoms with van der Waals surface area (Å²) in [5.74, 6) is 1.26. The standard InChI is InChI=1S/C30H39IN4O3/c1-20(2)33-17-18-34(21(3)4)26(19-33)28-32-15-16-35(28)29(37)30(5,6)38-25-13-9-23(10-14-25)27(36)22-7-11-24(31)12-8-22/h7-14,20-21,26H,15-19H2,1-6H3. The molecular formula is C30H39IN4O3. The SMILES string of the molecule is CC(C)N1CCN(C(C)C)C(C2=NCCN2C(=O)C(C)(C)Oc2ccc(C(=O)c3ccc(I)cc3)cc2)C1. The fourth-order valence-electron chi connectivity index (χ4n) is 5.20. The molecule has 1 atom stereocenters. The second kappa shape index (κ2) is 11.8. The number of benzene rings is 2. The molecule has 2 aliphatic heterocycles. The number of rotatable bonds is 8. The van der Waals surface area contributed by atoms with Crippen LogP contribution in [0.3, 0.4) is 0 Å². The predicted octanol–water partition coefficient (Wildman–Crippen LogP) is 4.72. The molecule has 0 bridgehead atoms. The van der Waals surface area contributed by atoms with Crippen LogP contribution < -0.4 is 4.74 Å². The van der Waals surface area contributed by atoms with Gasteiger partial charge in [0.2, 0.25) is 0 Å². The Morgan fingerprint density at radius 2 is 1.53 bits per heavy atom. The summed E-state index contributed by atoms with van der Waals surface area (Å²) in [4.78, 5) is 38.3. The number of hydrogen-bond acceptors (Lipinski definition) is 6. The number of halogens is 1. The first-order valence-electron chi connectivity index (χ1n) is 13.4. The third-order valence-electron chi connectivity index (χ3n) is 7.37. The first kappa shape index (κ1) is 28.7. The predicted molar refractivity (Wildman–Crippen MR) is 160 cm³/mol. The molecule has 38 heavy (non-hydrogen) atoms. The van der Waals surface area contributed by atoms with Crippen LogP contribution in [0.25, 0.3) is 0 Å². The Balaban J connectivity index is 1.47. The average Bonchev–Trinajstić information content (AvgIpc) is 3.37. The summed E-state index contributed by atoms with van der Waals surface area (Å²) >= 11 is 2.22. The monoisotopic (exact) mass is 630 g/mol. The lowest BCUT2D eigenvalue weighted by molar-refractivity contribution is -0.141. The van der Waals surface area contributed by atoms with E-state index in [4.69, 9.17) is 9.73 Å². The molecule has 2 aromatic carbocycles. The van der Waals surface area contributed by atoms with Gasteiger partial charge in [-0.2, -0.15) is 0 Å². The van der Waals surface area contributed by atoms with Crippen LogP contribution in [0.15, 0.2) is 53.5 Å². The van der Waals surface area contributed by atoms with Gasteiger partial charge in [-0.15, -0.1) is 0 Å². The first-order valence-corrected chi connectivity index (χ1v) is 14.5. The van der Waals surface area contributed by atoms with E-state index in [9.17, 15) is 9.59 Å². The number of hydrogen-bond donors (Lipinski definition) is 0. The Hall–Kier alpha value is -2.30. The second-order valence-electron chi connectivity index (χ2n) is 11.1. The first-order chi connectivity index (χ1) is 18.0. The Bertz CT molecular complexity index is 1170. The number of carbonyl (C=O) groups is 2. The van der Waals surface area contributed by atoms with E-state index in [1.165, 1.54) is 0 Å². The molecule has 4 rings (SSSR count). The van der Waals surface area contributed by atoms with Crippen molar-refractivity contribution in [1.29, 1.82) is 0 Å². The van der Waals surface area contributed by atoms with E-state index in [2.05, 4.69) is 60.1 Å². The molecule has 2 aliphatic rings. The van der Waals surface area contributed by atoms with Gasteiger partial charge in [-0.3, -0.25) is 29.3 Å². The number of nitrogens with zero attached hydrogens (tertiary/aromatic N) is 4. The summed E-state index contributed by atoms with van der Waals surface area (Å²) in [5, 5.41) is 0. The van der Waals surface area contributed by atoms with E-state index in [1.807, 2.05) is 29.2 Å². The Morgan fingerprint density at radius 1 is 0.921 bits per heavy atom. The quantitative estimate of drug-likeness (QED) is 0.312. The molecule has 0 radical (unpaired) electrons. The molecular weight excluding hydrogens is 591 g/mol. The van der Waals surface area contributed by atoms with Gasteiger partial charge in [0, 0.05) is 53.0 Å². The van der Waals surface area contributed by atoms with Crippen molar-refractivity contribution in [2.75, 3.05) is 32.7 Å². The Labute approximate surface area is 240 Å². The van der Waals surface area contributed by atoms with Gasteiger partial charge in [-0.25, -0.2) is 0 Å². The van der Waals surface area contributed by atoms with E-state index in [0.29, 0.717) is 42.0 Å². The van der Waals surface area contributed by atoms with Crippen molar-refractivity contribution >= 4 is 40.1 Å². The molecule has 1 fully saturated rings. The molecule has 0 aromatic heterocycles. The van der Waals surface area contributed by atoms with Crippen molar-refractivity contribution in [3.8, 4) is 5.75 Å². The molecule has 204 valence electrons. The van der Waals surface area contributed by atoms with Crippen LogP contribution in [0.2, 0.25) is 0 Å². The van der Waals surface area contributed by atoms with Crippen LogP contribution in [-0.4, -0.2) is 88.7 Å². The van der Waals surface area contributed by atoms with Crippen molar-refractivity contribution in [3.05, 3.63) is 63.2 Å². The molecule has 1 unspecified atom stereocenters. The molecule has 0 N–H and O–H groups in total. The maximum absolute atomic E-state index is 13.8. The number of carbonyl (C=O) groups excluding carboxylic acids is 2. The zero-order valence-electron chi connectivity index (χ0n) is 23.3. The van der Waals surface area contributed by atoms with Gasteiger partial charge < -0.3 is 4.74 Å². The Kier molecular flexibility index (Phi) is 8.94. The summed E-state index contributed by atoms with van der Waals surface area (Å²) in [6.45, 7) is 16.5. The molecule has 1 amide bonds. The lowest BCUT2D eigenvalue weighted by Gasteiger charge is -2.46. The summed E-state index contributed by atoms with van der Waals surface area (Å²) in [7, 11) is 0. The smallest absolute Gasteiger partial charge is 0.271 e. The maximum atomic E-state index is 13.8. The molecule has 0 saturated carbocycles. The Morgan fingerprint density at radius 3 is 2.11 bits per heavy atom. The minimum atomic E-state index is -1.10. The molecule has 1 saturated heterocycles. The zero-order valence-corrected chi connectivity index (χ0v) is 25.4. The van der Waals surface area contributed by atoms with E-state index in [1.54, 1.807) is 38.1 Å². The van der Waals surface area contributed by atoms with Gasteiger partial charge in [0.05, 0.1) is 12.6 Å². The largest absolute Gasteiger partial charge is 0.478 e. The highest BCUT2D eigenvalue weighted by Gasteiger charge is 2.43. The summed E-state index contributed by atoms with van der Waals surface area (Å²) < 4.78 is 7.30. The van der Waals surface area contributed by atoms with Gasteiger partial charge in [0.1, 0.15) is 11.6 Å². The summed E-state index contributed by atoms with van der Waals surface area (Å²) in [5.41, 5.74) is 0.129. The van der Waals surface area contributed by atoms with Crippen LogP contribution in [-0.2, 0) is 4.79 Å². The lowest BCUT2D eigenvalue weighted by Crippen LogP contribution is -2.63. The molecule has 0 aliphatic carbocycles. The van der Waals surface area contributed by atoms with Crippen molar-refractivity contribution < 1.29 is 14.3 Å². The van der Waals surface area contributed by atoms with Crippen LogP contribution in [0, 0.1) is 3.57 Å². The van der Waals surface area contributed by atoms with Crippen molar-refractivity contribution in [2.45, 2.75) is 65.3 Å². The van der Waals surface area contributed by atoms with Gasteiger partial charge in [0.15, 0.2) is 11.4 Å². The van der Waals surface area contributed by atoms with E-state index >= 15 is 0 Å². The van der Waals surface area contributed by atoms with Crippen molar-refractivity contribution in [1.82, 2.24) is 14.7 Å². The highest BCUT2D eigenvalue weighted by atomic mass is 127. The molecule has 0 spiro atoms. The normalized spacial score (nSPS) is 19.2. The molecule has 2 aromatic rings. The second-order valence-corrected chi connectivity index (χ2v) is 12.4. The number of aliphatic imine (C=N–C) groups is 1. The van der Waals surface area contributed by atoms with Gasteiger partial charge in [-0.05, 0) is 113 Å². The van der Waals surface area contributed by atoms with Crippen LogP contribution in [0.1, 0.15) is 57.5 Å². The third-order valence-corrected chi connectivity index (χ3v) is 8.09. The highest BCUT2D eigenvalue weighted by Crippen LogP contribution is 2.26. The number of ketones is 1.